The van der Waals surface area contributed by atoms with Crippen molar-refractivity contribution < 1.29 is 0 Å². The van der Waals surface area contributed by atoms with Crippen molar-refractivity contribution in [3.05, 3.63) is 70.8 Å². The van der Waals surface area contributed by atoms with Gasteiger partial charge in [0.2, 0.25) is 0 Å². The minimum absolute atomic E-state index is 0.557. The van der Waals surface area contributed by atoms with Gasteiger partial charge in [-0.2, -0.15) is 0 Å². The van der Waals surface area contributed by atoms with E-state index < -0.39 is 0 Å². The number of fused-ring (bicyclic) bond motifs is 5. The third-order valence-corrected chi connectivity index (χ3v) is 5.76. The lowest BCUT2D eigenvalue weighted by Crippen LogP contribution is -2.06. The molecule has 0 radical (unpaired) electrons. The molecule has 2 aliphatic rings. The zero-order valence-corrected chi connectivity index (χ0v) is 11.8. The van der Waals surface area contributed by atoms with Gasteiger partial charge in [0.25, 0.3) is 0 Å². The fourth-order valence-corrected chi connectivity index (χ4v) is 4.93. The van der Waals surface area contributed by atoms with Crippen LogP contribution in [0.4, 0.5) is 0 Å². The van der Waals surface area contributed by atoms with Gasteiger partial charge in [-0.25, -0.2) is 0 Å². The number of allylic oxidation sites excluding steroid dienone is 1. The molecule has 0 spiro atoms. The summed E-state index contributed by atoms with van der Waals surface area (Å²) in [5, 5.41) is 0.573. The van der Waals surface area contributed by atoms with Crippen LogP contribution in [0.1, 0.15) is 40.3 Å². The van der Waals surface area contributed by atoms with E-state index in [0.29, 0.717) is 11.2 Å². The normalized spacial score (nSPS) is 22.8. The minimum Gasteiger partial charge on any atom is -0.116 e. The Bertz CT molecular complexity index is 669. The highest BCUT2D eigenvalue weighted by molar-refractivity contribution is 8.00. The van der Waals surface area contributed by atoms with E-state index in [2.05, 4.69) is 73.3 Å². The van der Waals surface area contributed by atoms with E-state index >= 15 is 0 Å². The lowest BCUT2D eigenvalue weighted by atomic mass is 9.84. The van der Waals surface area contributed by atoms with Crippen molar-refractivity contribution in [3.63, 3.8) is 0 Å². The molecule has 4 rings (SSSR count). The Morgan fingerprint density at radius 3 is 2.74 bits per heavy atom. The van der Waals surface area contributed by atoms with E-state index in [4.69, 9.17) is 0 Å². The van der Waals surface area contributed by atoms with Gasteiger partial charge in [0.05, 0.1) is 0 Å². The van der Waals surface area contributed by atoms with Gasteiger partial charge in [-0.15, -0.1) is 11.8 Å². The number of benzene rings is 2. The molecule has 2 aromatic rings. The first-order valence-electron chi connectivity index (χ1n) is 6.94. The highest BCUT2D eigenvalue weighted by Crippen LogP contribution is 2.58. The Morgan fingerprint density at radius 2 is 1.84 bits per heavy atom. The monoisotopic (exact) mass is 264 g/mol. The van der Waals surface area contributed by atoms with E-state index in [1.165, 1.54) is 27.1 Å². The van der Waals surface area contributed by atoms with Crippen LogP contribution in [0.25, 0.3) is 6.08 Å². The molecular formula is C18H16S. The molecule has 2 atom stereocenters. The maximum Gasteiger partial charge on any atom is 0.0454 e. The molecular weight excluding hydrogens is 248 g/mol. The average Bonchev–Trinajstić information content (AvgIpc) is 2.86. The molecule has 0 aromatic heterocycles. The Kier molecular flexibility index (Phi) is 2.56. The molecule has 0 fully saturated rings. The molecule has 0 bridgehead atoms. The molecule has 2 aromatic carbocycles. The van der Waals surface area contributed by atoms with E-state index in [0.717, 1.165) is 6.42 Å². The van der Waals surface area contributed by atoms with Crippen LogP contribution in [0.3, 0.4) is 0 Å². The summed E-state index contributed by atoms with van der Waals surface area (Å²) in [5.74, 6) is 0.557. The standard InChI is InChI=1S/C18H16S/c1-2-12-7-5-9-15-16-11-10-13-6-3-4-8-14(13)18(16)19-17(12)15/h3-11,16,18H,2H2,1H3. The third-order valence-electron chi connectivity index (χ3n) is 4.22. The summed E-state index contributed by atoms with van der Waals surface area (Å²) in [4.78, 5) is 1.53. The average molecular weight is 264 g/mol. The molecule has 94 valence electrons. The number of aryl methyl sites for hydroxylation is 1. The van der Waals surface area contributed by atoms with Crippen LogP contribution in [0.5, 0.6) is 0 Å². The van der Waals surface area contributed by atoms with Gasteiger partial charge in [0.15, 0.2) is 0 Å². The fourth-order valence-electron chi connectivity index (χ4n) is 3.24. The quantitative estimate of drug-likeness (QED) is 0.681. The van der Waals surface area contributed by atoms with E-state index in [9.17, 15) is 0 Å². The molecule has 19 heavy (non-hydrogen) atoms. The van der Waals surface area contributed by atoms with Crippen molar-refractivity contribution in [2.24, 2.45) is 0 Å². The number of hydrogen-bond acceptors (Lipinski definition) is 1. The summed E-state index contributed by atoms with van der Waals surface area (Å²) < 4.78 is 0. The first kappa shape index (κ1) is 11.4. The van der Waals surface area contributed by atoms with E-state index in [1.807, 2.05) is 0 Å². The fraction of sp³-hybridized carbons (Fsp3) is 0.222. The second-order valence-electron chi connectivity index (χ2n) is 5.24. The van der Waals surface area contributed by atoms with Gasteiger partial charge in [-0.3, -0.25) is 0 Å². The number of hydrogen-bond donors (Lipinski definition) is 0. The third kappa shape index (κ3) is 1.61. The van der Waals surface area contributed by atoms with E-state index in [-0.39, 0.29) is 0 Å². The molecule has 0 amide bonds. The molecule has 1 heterocycles. The molecule has 1 aliphatic heterocycles. The smallest absolute Gasteiger partial charge is 0.0454 e. The van der Waals surface area contributed by atoms with Gasteiger partial charge >= 0.3 is 0 Å². The van der Waals surface area contributed by atoms with Crippen molar-refractivity contribution >= 4 is 17.8 Å². The Balaban J connectivity index is 1.87. The molecule has 1 aliphatic carbocycles. The Labute approximate surface area is 118 Å². The van der Waals surface area contributed by atoms with Crippen LogP contribution >= 0.6 is 11.8 Å². The number of thioether (sulfide) groups is 1. The maximum absolute atomic E-state index is 2.39. The maximum atomic E-state index is 2.39. The first-order chi connectivity index (χ1) is 9.38. The zero-order valence-electron chi connectivity index (χ0n) is 11.0. The summed E-state index contributed by atoms with van der Waals surface area (Å²) in [6, 6.07) is 15.6. The SMILES string of the molecule is CCc1cccc2c1SC1c3ccccc3C=CC21. The van der Waals surface area contributed by atoms with Crippen molar-refractivity contribution in [1.29, 1.82) is 0 Å². The highest BCUT2D eigenvalue weighted by atomic mass is 32.2. The Hall–Kier alpha value is -1.47. The molecule has 0 nitrogen and oxygen atoms in total. The summed E-state index contributed by atoms with van der Waals surface area (Å²) in [6.45, 7) is 2.25. The van der Waals surface area contributed by atoms with Crippen molar-refractivity contribution in [2.45, 2.75) is 29.4 Å². The van der Waals surface area contributed by atoms with Crippen LogP contribution in [-0.2, 0) is 6.42 Å². The van der Waals surface area contributed by atoms with Crippen molar-refractivity contribution in [3.8, 4) is 0 Å². The minimum atomic E-state index is 0.557. The second kappa shape index (κ2) is 4.28. The van der Waals surface area contributed by atoms with Crippen LogP contribution in [0.2, 0.25) is 0 Å². The number of rotatable bonds is 1. The molecule has 0 N–H and O–H groups in total. The molecule has 1 heteroatoms. The van der Waals surface area contributed by atoms with Gasteiger partial charge < -0.3 is 0 Å². The van der Waals surface area contributed by atoms with Gasteiger partial charge in [-0.1, -0.05) is 61.5 Å². The highest BCUT2D eigenvalue weighted by Gasteiger charge is 2.36. The molecule has 0 saturated heterocycles. The Morgan fingerprint density at radius 1 is 1.00 bits per heavy atom. The van der Waals surface area contributed by atoms with Crippen LogP contribution in [0, 0.1) is 0 Å². The van der Waals surface area contributed by atoms with Crippen LogP contribution in [-0.4, -0.2) is 0 Å². The van der Waals surface area contributed by atoms with Crippen molar-refractivity contribution in [1.82, 2.24) is 0 Å². The summed E-state index contributed by atoms with van der Waals surface area (Å²) in [6.07, 6.45) is 5.82. The zero-order chi connectivity index (χ0) is 12.8. The van der Waals surface area contributed by atoms with E-state index in [1.54, 1.807) is 0 Å². The lowest BCUT2D eigenvalue weighted by Gasteiger charge is -2.23. The van der Waals surface area contributed by atoms with Gasteiger partial charge in [-0.05, 0) is 28.7 Å². The van der Waals surface area contributed by atoms with Crippen LogP contribution in [0.15, 0.2) is 53.4 Å². The van der Waals surface area contributed by atoms with Crippen LogP contribution < -0.4 is 0 Å². The second-order valence-corrected chi connectivity index (χ2v) is 6.39. The van der Waals surface area contributed by atoms with Crippen molar-refractivity contribution in [2.75, 3.05) is 0 Å². The predicted molar refractivity (Wildman–Crippen MR) is 82.6 cm³/mol. The first-order valence-corrected chi connectivity index (χ1v) is 7.82. The topological polar surface area (TPSA) is 0 Å². The molecule has 0 saturated carbocycles. The van der Waals surface area contributed by atoms with Gasteiger partial charge in [0, 0.05) is 16.1 Å². The summed E-state index contributed by atoms with van der Waals surface area (Å²) in [5.41, 5.74) is 5.92. The predicted octanol–water partition coefficient (Wildman–Crippen LogP) is 5.21. The largest absolute Gasteiger partial charge is 0.116 e. The summed E-state index contributed by atoms with van der Waals surface area (Å²) in [7, 11) is 0. The lowest BCUT2D eigenvalue weighted by molar-refractivity contribution is 0.815. The van der Waals surface area contributed by atoms with Gasteiger partial charge in [0.1, 0.15) is 0 Å². The summed E-state index contributed by atoms with van der Waals surface area (Å²) >= 11 is 2.06. The molecule has 2 unspecified atom stereocenters.